The number of carbonyl (C=O) groups excluding carboxylic acids is 6. The fourth-order valence-electron chi connectivity index (χ4n) is 10.1. The van der Waals surface area contributed by atoms with Crippen LogP contribution in [0, 0.1) is 55.4 Å². The van der Waals surface area contributed by atoms with Gasteiger partial charge in [0.05, 0.1) is 42.7 Å². The highest BCUT2D eigenvalue weighted by atomic mass is 16.6. The van der Waals surface area contributed by atoms with Crippen LogP contribution in [0.3, 0.4) is 0 Å². The van der Waals surface area contributed by atoms with Crippen molar-refractivity contribution in [2.24, 2.45) is 0 Å². The van der Waals surface area contributed by atoms with Crippen LogP contribution in [0.2, 0.25) is 0 Å². The SMILES string of the molecule is COC(=O)COc1ccc(Cc2ccc(OCC(=O)OC)c(C(c3cc(C)c(OCC(=O)OC)c(C)c3)c3cc(C)c(OCC(=O)OC)c(C)c3)c2)cc1C(c1cc(C)c(OCC(=O)OC)c(C)c1)c1cc(C)c(OCC(=O)OC)c(C)c1. The summed E-state index contributed by atoms with van der Waals surface area (Å²) in [6.07, 6.45) is 0.349. The van der Waals surface area contributed by atoms with E-state index in [1.807, 2.05) is 140 Å². The quantitative estimate of drug-likeness (QED) is 0.0281. The van der Waals surface area contributed by atoms with Crippen LogP contribution in [0.1, 0.15) is 101 Å². The fraction of sp³-hybridized carbons (Fsp3) is 0.354. The third-order valence-corrected chi connectivity index (χ3v) is 13.8. The van der Waals surface area contributed by atoms with Gasteiger partial charge in [0.15, 0.2) is 39.6 Å². The van der Waals surface area contributed by atoms with Gasteiger partial charge in [-0.1, -0.05) is 72.8 Å². The fourth-order valence-corrected chi connectivity index (χ4v) is 10.1. The molecule has 0 heterocycles. The number of carbonyl (C=O) groups is 6. The lowest BCUT2D eigenvalue weighted by atomic mass is 9.80. The van der Waals surface area contributed by atoms with Crippen LogP contribution < -0.4 is 28.4 Å². The van der Waals surface area contributed by atoms with Crippen molar-refractivity contribution < 1.29 is 85.6 Å². The largest absolute Gasteiger partial charge is 0.482 e. The first-order valence-electron chi connectivity index (χ1n) is 26.5. The van der Waals surface area contributed by atoms with E-state index in [0.717, 1.165) is 77.9 Å². The second-order valence-corrected chi connectivity index (χ2v) is 19.9. The molecule has 0 saturated carbocycles. The van der Waals surface area contributed by atoms with Gasteiger partial charge in [-0.25, -0.2) is 28.8 Å². The highest BCUT2D eigenvalue weighted by Gasteiger charge is 2.29. The van der Waals surface area contributed by atoms with Crippen molar-refractivity contribution in [2.75, 3.05) is 82.3 Å². The van der Waals surface area contributed by atoms with Crippen molar-refractivity contribution in [2.45, 2.75) is 73.6 Å². The van der Waals surface area contributed by atoms with Crippen LogP contribution in [0.25, 0.3) is 0 Å². The number of ether oxygens (including phenoxy) is 12. The van der Waals surface area contributed by atoms with Crippen LogP contribution in [0.15, 0.2) is 84.9 Å². The first-order valence-corrected chi connectivity index (χ1v) is 26.5. The maximum atomic E-state index is 12.8. The molecule has 0 N–H and O–H groups in total. The van der Waals surface area contributed by atoms with Gasteiger partial charge in [-0.3, -0.25) is 0 Å². The molecule has 0 aromatic heterocycles. The first kappa shape index (κ1) is 63.1. The molecule has 0 saturated heterocycles. The Labute approximate surface area is 484 Å². The van der Waals surface area contributed by atoms with E-state index in [1.54, 1.807) is 0 Å². The van der Waals surface area contributed by atoms with Gasteiger partial charge >= 0.3 is 35.8 Å². The molecule has 18 heteroatoms. The number of rotatable bonds is 26. The molecule has 0 fully saturated rings. The van der Waals surface area contributed by atoms with E-state index >= 15 is 0 Å². The molecule has 0 atom stereocenters. The predicted octanol–water partition coefficient (Wildman–Crippen LogP) is 9.42. The van der Waals surface area contributed by atoms with Crippen LogP contribution in [0.4, 0.5) is 0 Å². The zero-order chi connectivity index (χ0) is 60.7. The summed E-state index contributed by atoms with van der Waals surface area (Å²) in [5.74, 6) is -1.61. The molecule has 0 aliphatic carbocycles. The molecule has 18 nitrogen and oxygen atoms in total. The zero-order valence-electron chi connectivity index (χ0n) is 49.5. The van der Waals surface area contributed by atoms with Gasteiger partial charge in [0, 0.05) is 23.0 Å². The maximum Gasteiger partial charge on any atom is 0.343 e. The van der Waals surface area contributed by atoms with Gasteiger partial charge in [0.1, 0.15) is 34.5 Å². The second kappa shape index (κ2) is 29.1. The predicted molar refractivity (Wildman–Crippen MR) is 306 cm³/mol. The van der Waals surface area contributed by atoms with Crippen molar-refractivity contribution in [3.05, 3.63) is 174 Å². The normalized spacial score (nSPS) is 10.9. The molecule has 0 unspecified atom stereocenters. The van der Waals surface area contributed by atoms with Crippen molar-refractivity contribution in [1.29, 1.82) is 0 Å². The number of hydrogen-bond acceptors (Lipinski definition) is 18. The Morgan fingerprint density at radius 2 is 0.506 bits per heavy atom. The molecule has 6 rings (SSSR count). The van der Waals surface area contributed by atoms with Crippen molar-refractivity contribution in [3.8, 4) is 34.5 Å². The summed E-state index contributed by atoms with van der Waals surface area (Å²) in [7, 11) is 7.74. The van der Waals surface area contributed by atoms with Crippen molar-refractivity contribution in [1.82, 2.24) is 0 Å². The zero-order valence-corrected chi connectivity index (χ0v) is 49.5. The average molecular weight is 1140 g/mol. The molecule has 440 valence electrons. The minimum Gasteiger partial charge on any atom is -0.482 e. The van der Waals surface area contributed by atoms with Gasteiger partial charge in [-0.05, 0) is 152 Å². The number of esters is 6. The molecular formula is C65H72O18. The van der Waals surface area contributed by atoms with Gasteiger partial charge in [0.25, 0.3) is 0 Å². The molecule has 6 aromatic carbocycles. The van der Waals surface area contributed by atoms with Crippen LogP contribution in [-0.2, 0) is 63.6 Å². The van der Waals surface area contributed by atoms with Crippen LogP contribution in [0.5, 0.6) is 34.5 Å². The summed E-state index contributed by atoms with van der Waals surface area (Å²) in [5, 5.41) is 0. The average Bonchev–Trinajstić information content (AvgIpc) is 3.46. The minimum absolute atomic E-state index is 0.293. The molecule has 0 aliphatic rings. The Bertz CT molecular complexity index is 2910. The summed E-state index contributed by atoms with van der Waals surface area (Å²) in [5.41, 5.74) is 12.3. The van der Waals surface area contributed by atoms with Crippen LogP contribution in [-0.4, -0.2) is 118 Å². The lowest BCUT2D eigenvalue weighted by Crippen LogP contribution is -2.16. The van der Waals surface area contributed by atoms with E-state index in [9.17, 15) is 28.8 Å². The molecule has 0 spiro atoms. The van der Waals surface area contributed by atoms with Crippen molar-refractivity contribution >= 4 is 35.8 Å². The monoisotopic (exact) mass is 1140 g/mol. The summed E-state index contributed by atoms with van der Waals surface area (Å²) in [6.45, 7) is 13.2. The minimum atomic E-state index is -0.590. The van der Waals surface area contributed by atoms with E-state index in [1.165, 1.54) is 42.7 Å². The van der Waals surface area contributed by atoms with E-state index < -0.39 is 60.9 Å². The molecule has 0 aliphatic heterocycles. The molecule has 6 aromatic rings. The Morgan fingerprint density at radius 3 is 0.711 bits per heavy atom. The van der Waals surface area contributed by atoms with E-state index in [0.29, 0.717) is 52.0 Å². The lowest BCUT2D eigenvalue weighted by Gasteiger charge is -2.26. The van der Waals surface area contributed by atoms with E-state index in [-0.39, 0.29) is 26.4 Å². The van der Waals surface area contributed by atoms with E-state index in [2.05, 4.69) is 0 Å². The number of benzene rings is 6. The Hall–Kier alpha value is -9.06. The van der Waals surface area contributed by atoms with E-state index in [4.69, 9.17) is 56.8 Å². The summed E-state index contributed by atoms with van der Waals surface area (Å²) in [4.78, 5) is 74.4. The molecular weight excluding hydrogens is 1070 g/mol. The summed E-state index contributed by atoms with van der Waals surface area (Å²) < 4.78 is 66.1. The Balaban J connectivity index is 1.60. The Kier molecular flexibility index (Phi) is 22.1. The molecule has 0 bridgehead atoms. The maximum absolute atomic E-state index is 12.8. The third kappa shape index (κ3) is 16.1. The topological polar surface area (TPSA) is 213 Å². The molecule has 83 heavy (non-hydrogen) atoms. The van der Waals surface area contributed by atoms with Crippen molar-refractivity contribution in [3.63, 3.8) is 0 Å². The third-order valence-electron chi connectivity index (χ3n) is 13.8. The summed E-state index contributed by atoms with van der Waals surface area (Å²) in [6, 6.07) is 27.4. The molecule has 0 amide bonds. The standard InChI is InChI=1S/C65H72O18/c1-36-19-46(20-37(2)62(36)80-32-56(68)74-11)60(47-21-38(3)63(39(4)22-47)81-33-57(69)75-12)50-28-44(15-17-52(50)78-30-54(66)72-9)27-45-16-18-53(79-31-55(67)73-10)51(29-45)61(48-23-40(5)64(41(6)24-48)82-34-58(70)76-13)49-25-42(7)65(43(8)26-49)83-35-59(71)77-14/h15-26,28-29,60-61H,27,30-35H2,1-14H3. The second-order valence-electron chi connectivity index (χ2n) is 19.9. The highest BCUT2D eigenvalue weighted by Crippen LogP contribution is 2.45. The highest BCUT2D eigenvalue weighted by molar-refractivity contribution is 5.74. The van der Waals surface area contributed by atoms with Gasteiger partial charge in [-0.2, -0.15) is 0 Å². The van der Waals surface area contributed by atoms with Gasteiger partial charge in [0.2, 0.25) is 0 Å². The Morgan fingerprint density at radius 1 is 0.301 bits per heavy atom. The number of aryl methyl sites for hydroxylation is 8. The molecule has 0 radical (unpaired) electrons. The summed E-state index contributed by atoms with van der Waals surface area (Å²) >= 11 is 0. The van der Waals surface area contributed by atoms with Gasteiger partial charge in [-0.15, -0.1) is 0 Å². The van der Waals surface area contributed by atoms with Crippen LogP contribution >= 0.6 is 0 Å². The van der Waals surface area contributed by atoms with Gasteiger partial charge < -0.3 is 56.8 Å². The number of methoxy groups -OCH3 is 6. The number of hydrogen-bond donors (Lipinski definition) is 0. The first-order chi connectivity index (χ1) is 39.6. The lowest BCUT2D eigenvalue weighted by molar-refractivity contribution is -0.143. The smallest absolute Gasteiger partial charge is 0.343 e.